The van der Waals surface area contributed by atoms with Gasteiger partial charge in [0.15, 0.2) is 5.78 Å². The van der Waals surface area contributed by atoms with Crippen LogP contribution in [0.1, 0.15) is 34.1 Å². The van der Waals surface area contributed by atoms with Gasteiger partial charge in [-0.1, -0.05) is 6.07 Å². The normalized spacial score (nSPS) is 12.5. The monoisotopic (exact) mass is 541 g/mol. The van der Waals surface area contributed by atoms with Crippen LogP contribution in [-0.2, 0) is 0 Å². The van der Waals surface area contributed by atoms with Gasteiger partial charge < -0.3 is 15.2 Å². The lowest BCUT2D eigenvalue weighted by molar-refractivity contribution is -0.274. The van der Waals surface area contributed by atoms with Gasteiger partial charge in [0, 0.05) is 25.6 Å². The summed E-state index contributed by atoms with van der Waals surface area (Å²) in [4.78, 5) is 25.1. The van der Waals surface area contributed by atoms with E-state index >= 15 is 0 Å². The topological polar surface area (TPSA) is 75.6 Å². The summed E-state index contributed by atoms with van der Waals surface area (Å²) in [5, 5.41) is 11.6. The smallest absolute Gasteiger partial charge is 0.465 e. The lowest BCUT2D eigenvalue weighted by Crippen LogP contribution is -2.26. The van der Waals surface area contributed by atoms with Crippen LogP contribution in [-0.4, -0.2) is 23.3 Å². The molecule has 0 aliphatic rings. The maximum Gasteiger partial charge on any atom is 0.573 e. The average Bonchev–Trinajstić information content (AvgIpc) is 3.35. The lowest BCUT2D eigenvalue weighted by atomic mass is 10.0. The largest absolute Gasteiger partial charge is 0.573 e. The van der Waals surface area contributed by atoms with Crippen molar-refractivity contribution < 1.29 is 41.4 Å². The van der Waals surface area contributed by atoms with E-state index < -0.39 is 41.5 Å². The number of nitrogens with one attached hydrogen (secondary N) is 1. The van der Waals surface area contributed by atoms with Crippen LogP contribution in [0.25, 0.3) is 19.8 Å². The predicted octanol–water partition coefficient (Wildman–Crippen LogP) is 7.78. The minimum absolute atomic E-state index is 0.0137. The molecule has 1 amide bonds. The number of fused-ring (bicyclic) bond motifs is 1. The van der Waals surface area contributed by atoms with E-state index in [1.165, 1.54) is 46.9 Å². The Balaban J connectivity index is 1.51. The molecule has 2 aromatic carbocycles. The maximum absolute atomic E-state index is 13.9. The number of alkyl halides is 3. The number of hydrogen-bond donors (Lipinski definition) is 2. The van der Waals surface area contributed by atoms with Crippen molar-refractivity contribution in [3.8, 4) is 16.2 Å². The summed E-state index contributed by atoms with van der Waals surface area (Å²) in [6, 6.07) is 11.3. The van der Waals surface area contributed by atoms with E-state index in [1.807, 2.05) is 6.07 Å². The van der Waals surface area contributed by atoms with Crippen molar-refractivity contribution in [3.05, 3.63) is 76.7 Å². The fraction of sp³-hybridized carbons (Fsp3) is 0.167. The first-order valence-corrected chi connectivity index (χ1v) is 12.0. The fourth-order valence-corrected chi connectivity index (χ4v) is 6.09. The van der Waals surface area contributed by atoms with Crippen molar-refractivity contribution in [1.29, 1.82) is 0 Å². The predicted molar refractivity (Wildman–Crippen MR) is 126 cm³/mol. The fourth-order valence-electron chi connectivity index (χ4n) is 3.59. The van der Waals surface area contributed by atoms with E-state index in [0.29, 0.717) is 10.4 Å². The first-order chi connectivity index (χ1) is 17.0. The lowest BCUT2D eigenvalue weighted by Gasteiger charge is -2.15. The molecule has 0 saturated heterocycles. The number of halogens is 5. The third kappa shape index (κ3) is 6.00. The van der Waals surface area contributed by atoms with Crippen LogP contribution >= 0.6 is 22.7 Å². The third-order valence-corrected chi connectivity index (χ3v) is 7.60. The number of carboxylic acid groups (broad SMARTS) is 1. The number of benzene rings is 2. The molecule has 5 nitrogen and oxygen atoms in total. The highest BCUT2D eigenvalue weighted by atomic mass is 32.1. The number of rotatable bonds is 8. The first kappa shape index (κ1) is 25.6. The van der Waals surface area contributed by atoms with Crippen LogP contribution < -0.4 is 10.1 Å². The Morgan fingerprint density at radius 3 is 2.19 bits per heavy atom. The van der Waals surface area contributed by atoms with Crippen LogP contribution in [0.3, 0.4) is 0 Å². The molecule has 1 unspecified atom stereocenters. The van der Waals surface area contributed by atoms with Crippen molar-refractivity contribution in [3.63, 3.8) is 0 Å². The molecule has 0 aliphatic carbocycles. The van der Waals surface area contributed by atoms with E-state index in [-0.39, 0.29) is 18.6 Å². The highest BCUT2D eigenvalue weighted by Crippen LogP contribution is 2.41. The van der Waals surface area contributed by atoms with Crippen molar-refractivity contribution in [2.45, 2.75) is 25.2 Å². The second kappa shape index (κ2) is 10.2. The molecule has 4 aromatic rings. The molecule has 2 N–H and O–H groups in total. The number of ketones is 1. The average molecular weight is 542 g/mol. The summed E-state index contributed by atoms with van der Waals surface area (Å²) in [6.07, 6.45) is -6.40. The molecular formula is C24H16F5NO4S2. The number of carbonyl (C=O) groups is 2. The summed E-state index contributed by atoms with van der Waals surface area (Å²) in [5.74, 6) is -3.07. The number of thiophene rings is 2. The Kier molecular flexibility index (Phi) is 7.27. The molecule has 2 heterocycles. The van der Waals surface area contributed by atoms with E-state index in [1.54, 1.807) is 6.07 Å². The summed E-state index contributed by atoms with van der Waals surface area (Å²) in [6.45, 7) is 0. The van der Waals surface area contributed by atoms with Gasteiger partial charge in [0.05, 0.1) is 11.6 Å². The van der Waals surface area contributed by atoms with E-state index in [4.69, 9.17) is 0 Å². The summed E-state index contributed by atoms with van der Waals surface area (Å²) in [5.41, 5.74) is 0.0206. The summed E-state index contributed by atoms with van der Waals surface area (Å²) < 4.78 is 70.4. The molecule has 0 radical (unpaired) electrons. The Morgan fingerprint density at radius 2 is 1.61 bits per heavy atom. The van der Waals surface area contributed by atoms with Gasteiger partial charge in [0.2, 0.25) is 0 Å². The first-order valence-electron chi connectivity index (χ1n) is 10.4. The zero-order chi connectivity index (χ0) is 26.0. The van der Waals surface area contributed by atoms with E-state index in [2.05, 4.69) is 10.1 Å². The van der Waals surface area contributed by atoms with Gasteiger partial charge in [-0.3, -0.25) is 4.79 Å². The molecule has 36 heavy (non-hydrogen) atoms. The highest BCUT2D eigenvalue weighted by molar-refractivity contribution is 7.29. The molecule has 0 aliphatic heterocycles. The molecule has 0 fully saturated rings. The Bertz CT molecular complexity index is 1360. The van der Waals surface area contributed by atoms with Gasteiger partial charge >= 0.3 is 12.5 Å². The molecular weight excluding hydrogens is 525 g/mol. The van der Waals surface area contributed by atoms with E-state index in [9.17, 15) is 36.6 Å². The quantitative estimate of drug-likeness (QED) is 0.176. The molecule has 0 saturated carbocycles. The molecule has 4 rings (SSSR count). The number of ether oxygens (including phenoxy) is 1. The second-order valence-electron chi connectivity index (χ2n) is 7.62. The third-order valence-electron chi connectivity index (χ3n) is 5.14. The number of carbonyl (C=O) groups excluding carboxylic acids is 1. The minimum Gasteiger partial charge on any atom is -0.465 e. The zero-order valence-corrected chi connectivity index (χ0v) is 19.7. The maximum atomic E-state index is 13.9. The van der Waals surface area contributed by atoms with Crippen molar-refractivity contribution in [1.82, 2.24) is 5.32 Å². The van der Waals surface area contributed by atoms with Crippen LogP contribution in [0.2, 0.25) is 0 Å². The van der Waals surface area contributed by atoms with Gasteiger partial charge in [0.1, 0.15) is 17.4 Å². The summed E-state index contributed by atoms with van der Waals surface area (Å²) in [7, 11) is 0. The van der Waals surface area contributed by atoms with Gasteiger partial charge in [-0.05, 0) is 60.5 Å². The standard InChI is InChI=1S/C24H16F5NO4S2/c25-14-2-1-3-15(26)22(14)17(31)9-8-16(30-23(32)33)19-11-21-20(36-19)10-18(35-21)12-4-6-13(7-5-12)34-24(27,28)29/h1-7,10-11,16,30H,8-9H2,(H,32,33). The van der Waals surface area contributed by atoms with Crippen LogP contribution in [0, 0.1) is 11.6 Å². The molecule has 12 heteroatoms. The van der Waals surface area contributed by atoms with Crippen LogP contribution in [0.5, 0.6) is 5.75 Å². The molecule has 2 aromatic heterocycles. The Hall–Kier alpha value is -3.51. The van der Waals surface area contributed by atoms with Crippen LogP contribution in [0.15, 0.2) is 54.6 Å². The van der Waals surface area contributed by atoms with Crippen molar-refractivity contribution in [2.75, 3.05) is 0 Å². The Morgan fingerprint density at radius 1 is 0.972 bits per heavy atom. The van der Waals surface area contributed by atoms with Gasteiger partial charge in [0.25, 0.3) is 0 Å². The van der Waals surface area contributed by atoms with E-state index in [0.717, 1.165) is 32.5 Å². The zero-order valence-electron chi connectivity index (χ0n) is 18.1. The van der Waals surface area contributed by atoms with Crippen LogP contribution in [0.4, 0.5) is 26.7 Å². The SMILES string of the molecule is O=C(O)NC(CCC(=O)c1c(F)cccc1F)c1cc2sc(-c3ccc(OC(F)(F)F)cc3)cc2s1. The Labute approximate surface area is 208 Å². The number of hydrogen-bond acceptors (Lipinski definition) is 5. The van der Waals surface area contributed by atoms with Gasteiger partial charge in [-0.15, -0.1) is 35.8 Å². The highest BCUT2D eigenvalue weighted by Gasteiger charge is 2.31. The molecule has 1 atom stereocenters. The van der Waals surface area contributed by atoms with Gasteiger partial charge in [-0.25, -0.2) is 13.6 Å². The number of amides is 1. The molecule has 0 spiro atoms. The summed E-state index contributed by atoms with van der Waals surface area (Å²) >= 11 is 2.64. The van der Waals surface area contributed by atoms with Crippen molar-refractivity contribution in [2.24, 2.45) is 0 Å². The molecule has 0 bridgehead atoms. The number of Topliss-reactive ketones (excluding diaryl/α,β-unsaturated/α-hetero) is 1. The van der Waals surface area contributed by atoms with Gasteiger partial charge in [-0.2, -0.15) is 0 Å². The minimum atomic E-state index is -4.78. The second-order valence-corrected chi connectivity index (χ2v) is 9.82. The van der Waals surface area contributed by atoms with Crippen molar-refractivity contribution >= 4 is 43.9 Å². The molecule has 188 valence electrons.